The van der Waals surface area contributed by atoms with Crippen LogP contribution in [0.4, 0.5) is 24.9 Å². The Hall–Kier alpha value is -4.18. The van der Waals surface area contributed by atoms with Gasteiger partial charge in [-0.2, -0.15) is 18.2 Å². The van der Waals surface area contributed by atoms with Gasteiger partial charge in [0.2, 0.25) is 5.95 Å². The number of anilines is 1. The van der Waals surface area contributed by atoms with Crippen LogP contribution in [-0.2, 0) is 19.1 Å². The van der Waals surface area contributed by atoms with Crippen LogP contribution in [0.2, 0.25) is 0 Å². The Bertz CT molecular complexity index is 1500. The first-order valence-corrected chi connectivity index (χ1v) is 11.7. The van der Waals surface area contributed by atoms with Crippen molar-refractivity contribution in [2.24, 2.45) is 10.7 Å². The van der Waals surface area contributed by atoms with E-state index >= 15 is 0 Å². The Morgan fingerprint density at radius 3 is 2.65 bits per heavy atom. The lowest BCUT2D eigenvalue weighted by Gasteiger charge is -2.29. The number of aliphatic imine (C=N–C) groups is 1. The first kappa shape index (κ1) is 24.5. The summed E-state index contributed by atoms with van der Waals surface area (Å²) in [5.41, 5.74) is 14.9. The minimum absolute atomic E-state index is 0.0575. The first-order valence-electron chi connectivity index (χ1n) is 11.7. The number of hydrogen-bond donors (Lipinski definition) is 2. The van der Waals surface area contributed by atoms with Crippen molar-refractivity contribution in [1.82, 2.24) is 14.9 Å². The Labute approximate surface area is 211 Å². The molecule has 1 aromatic heterocycles. The Kier molecular flexibility index (Phi) is 6.43. The summed E-state index contributed by atoms with van der Waals surface area (Å²) in [6, 6.07) is 16.5. The van der Waals surface area contributed by atoms with Crippen molar-refractivity contribution in [2.75, 3.05) is 25.9 Å². The highest BCUT2D eigenvalue weighted by atomic mass is 19.4. The number of nitrogens with two attached hydrogens (primary N) is 2. The van der Waals surface area contributed by atoms with E-state index in [0.717, 1.165) is 30.2 Å². The zero-order chi connectivity index (χ0) is 26.2. The van der Waals surface area contributed by atoms with Crippen LogP contribution in [-0.4, -0.2) is 40.9 Å². The summed E-state index contributed by atoms with van der Waals surface area (Å²) in [6.45, 7) is 1.63. The lowest BCUT2D eigenvalue weighted by molar-refractivity contribution is -0.137. The third-order valence-electron chi connectivity index (χ3n) is 6.38. The van der Waals surface area contributed by atoms with Gasteiger partial charge in [0.25, 0.3) is 0 Å². The molecule has 1 aliphatic heterocycles. The smallest absolute Gasteiger partial charge is 0.417 e. The number of methoxy groups -OCH3 is 1. The van der Waals surface area contributed by atoms with Crippen LogP contribution in [0.3, 0.4) is 0 Å². The van der Waals surface area contributed by atoms with Crippen molar-refractivity contribution < 1.29 is 17.9 Å². The molecule has 5 rings (SSSR count). The van der Waals surface area contributed by atoms with E-state index in [-0.39, 0.29) is 11.5 Å². The molecule has 7 nitrogen and oxygen atoms in total. The van der Waals surface area contributed by atoms with Gasteiger partial charge in [-0.15, -0.1) is 0 Å². The molecule has 0 spiro atoms. The highest BCUT2D eigenvalue weighted by Gasteiger charge is 2.33. The summed E-state index contributed by atoms with van der Waals surface area (Å²) < 4.78 is 46.1. The maximum Gasteiger partial charge on any atom is 0.417 e. The summed E-state index contributed by atoms with van der Waals surface area (Å²) in [5.74, 6) is 1.30. The van der Waals surface area contributed by atoms with Crippen LogP contribution in [0.15, 0.2) is 65.7 Å². The number of hydrogen-bond acceptors (Lipinski definition) is 6. The minimum Gasteiger partial charge on any atom is -0.494 e. The molecule has 4 aromatic rings. The summed E-state index contributed by atoms with van der Waals surface area (Å²) in [4.78, 5) is 15.1. The first-order chi connectivity index (χ1) is 17.7. The van der Waals surface area contributed by atoms with E-state index in [1.165, 1.54) is 12.1 Å². The van der Waals surface area contributed by atoms with E-state index in [0.29, 0.717) is 47.0 Å². The SMILES string of the molecule is COc1cccc2c(N=C(N)CN3CCc4ccc(-c5ccccc5C(F)(F)F)cc4C3)nc(N)nc12. The summed E-state index contributed by atoms with van der Waals surface area (Å²) in [7, 11) is 1.55. The molecule has 0 fully saturated rings. The topological polar surface area (TPSA) is 103 Å². The fourth-order valence-electron chi connectivity index (χ4n) is 4.68. The van der Waals surface area contributed by atoms with Gasteiger partial charge in [0.1, 0.15) is 17.1 Å². The molecule has 0 atom stereocenters. The van der Waals surface area contributed by atoms with E-state index in [2.05, 4.69) is 19.9 Å². The molecule has 0 unspecified atom stereocenters. The second kappa shape index (κ2) is 9.70. The molecular formula is C27H25F3N6O. The fraction of sp³-hybridized carbons (Fsp3) is 0.222. The molecule has 0 bridgehead atoms. The van der Waals surface area contributed by atoms with Gasteiger partial charge in [-0.25, -0.2) is 9.98 Å². The van der Waals surface area contributed by atoms with Gasteiger partial charge >= 0.3 is 6.18 Å². The number of ether oxygens (including phenoxy) is 1. The van der Waals surface area contributed by atoms with Crippen molar-refractivity contribution in [3.63, 3.8) is 0 Å². The number of nitrogens with zero attached hydrogens (tertiary/aromatic N) is 4. The number of benzene rings is 3. The molecule has 2 heterocycles. The van der Waals surface area contributed by atoms with Gasteiger partial charge < -0.3 is 16.2 Å². The molecule has 37 heavy (non-hydrogen) atoms. The van der Waals surface area contributed by atoms with Gasteiger partial charge in [0, 0.05) is 18.5 Å². The predicted octanol–water partition coefficient (Wildman–Crippen LogP) is 4.95. The van der Waals surface area contributed by atoms with Crippen LogP contribution in [0.1, 0.15) is 16.7 Å². The van der Waals surface area contributed by atoms with Crippen molar-refractivity contribution in [1.29, 1.82) is 0 Å². The highest BCUT2D eigenvalue weighted by Crippen LogP contribution is 2.38. The maximum absolute atomic E-state index is 13.6. The highest BCUT2D eigenvalue weighted by molar-refractivity contribution is 5.96. The normalized spacial score (nSPS) is 14.5. The molecule has 0 aliphatic carbocycles. The summed E-state index contributed by atoms with van der Waals surface area (Å²) >= 11 is 0. The van der Waals surface area contributed by atoms with Crippen molar-refractivity contribution >= 4 is 28.5 Å². The Morgan fingerprint density at radius 2 is 1.86 bits per heavy atom. The Balaban J connectivity index is 1.40. The number of aromatic nitrogens is 2. The molecule has 0 amide bonds. The fourth-order valence-corrected chi connectivity index (χ4v) is 4.68. The van der Waals surface area contributed by atoms with Gasteiger partial charge in [-0.3, -0.25) is 4.90 Å². The molecule has 4 N–H and O–H groups in total. The van der Waals surface area contributed by atoms with Crippen LogP contribution in [0, 0.1) is 0 Å². The van der Waals surface area contributed by atoms with Gasteiger partial charge in [-0.05, 0) is 52.9 Å². The second-order valence-corrected chi connectivity index (χ2v) is 8.85. The Morgan fingerprint density at radius 1 is 1.05 bits per heavy atom. The van der Waals surface area contributed by atoms with E-state index in [1.807, 2.05) is 24.3 Å². The van der Waals surface area contributed by atoms with Gasteiger partial charge in [0.05, 0.1) is 19.2 Å². The molecule has 10 heteroatoms. The lowest BCUT2D eigenvalue weighted by Crippen LogP contribution is -2.37. The average molecular weight is 507 g/mol. The molecular weight excluding hydrogens is 481 g/mol. The van der Waals surface area contributed by atoms with Gasteiger partial charge in [-0.1, -0.05) is 36.4 Å². The maximum atomic E-state index is 13.6. The molecule has 3 aromatic carbocycles. The molecule has 190 valence electrons. The van der Waals surface area contributed by atoms with Crippen LogP contribution >= 0.6 is 0 Å². The van der Waals surface area contributed by atoms with E-state index in [9.17, 15) is 13.2 Å². The van der Waals surface area contributed by atoms with Crippen LogP contribution < -0.4 is 16.2 Å². The minimum atomic E-state index is -4.43. The number of rotatable bonds is 5. The molecule has 0 saturated carbocycles. The molecule has 0 saturated heterocycles. The van der Waals surface area contributed by atoms with Crippen LogP contribution in [0.25, 0.3) is 22.0 Å². The largest absolute Gasteiger partial charge is 0.494 e. The number of fused-ring (bicyclic) bond motifs is 2. The lowest BCUT2D eigenvalue weighted by atomic mass is 9.92. The van der Waals surface area contributed by atoms with Crippen molar-refractivity contribution in [3.05, 3.63) is 77.4 Å². The standard InChI is InChI=1S/C27H25F3N6O/c1-37-22-8-4-6-20-24(22)34-26(32)35-25(20)33-23(31)15-36-12-11-16-9-10-17(13-18(16)14-36)19-5-2-3-7-21(19)27(28,29)30/h2-10,13H,11-12,14-15H2,1H3,(H4,31,32,33,34,35). The van der Waals surface area contributed by atoms with E-state index in [4.69, 9.17) is 16.2 Å². The predicted molar refractivity (Wildman–Crippen MR) is 138 cm³/mol. The monoisotopic (exact) mass is 506 g/mol. The van der Waals surface area contributed by atoms with E-state index < -0.39 is 11.7 Å². The zero-order valence-electron chi connectivity index (χ0n) is 20.1. The average Bonchev–Trinajstić information content (AvgIpc) is 2.87. The number of alkyl halides is 3. The summed E-state index contributed by atoms with van der Waals surface area (Å²) in [6.07, 6.45) is -3.67. The number of para-hydroxylation sites is 1. The quantitative estimate of drug-likeness (QED) is 0.293. The second-order valence-electron chi connectivity index (χ2n) is 8.85. The third-order valence-corrected chi connectivity index (χ3v) is 6.38. The van der Waals surface area contributed by atoms with Crippen molar-refractivity contribution in [3.8, 4) is 16.9 Å². The zero-order valence-corrected chi connectivity index (χ0v) is 20.1. The van der Waals surface area contributed by atoms with Crippen LogP contribution in [0.5, 0.6) is 5.75 Å². The number of halogens is 3. The number of amidine groups is 1. The third kappa shape index (κ3) is 5.05. The summed E-state index contributed by atoms with van der Waals surface area (Å²) in [5, 5.41) is 0.661. The number of nitrogen functional groups attached to an aromatic ring is 1. The molecule has 1 aliphatic rings. The van der Waals surface area contributed by atoms with Crippen molar-refractivity contribution in [2.45, 2.75) is 19.1 Å². The van der Waals surface area contributed by atoms with E-state index in [1.54, 1.807) is 25.3 Å². The molecule has 0 radical (unpaired) electrons. The van der Waals surface area contributed by atoms with Gasteiger partial charge in [0.15, 0.2) is 5.82 Å².